The van der Waals surface area contributed by atoms with E-state index in [1.165, 1.54) is 0 Å². The van der Waals surface area contributed by atoms with Gasteiger partial charge >= 0.3 is 0 Å². The van der Waals surface area contributed by atoms with Crippen LogP contribution >= 0.6 is 12.2 Å². The molecule has 0 fully saturated rings. The van der Waals surface area contributed by atoms with Gasteiger partial charge in [-0.3, -0.25) is 0 Å². The topological polar surface area (TPSA) is 55.2 Å². The second-order valence-electron chi connectivity index (χ2n) is 6.62. The lowest BCUT2D eigenvalue weighted by Gasteiger charge is -2.07. The molecule has 0 aliphatic carbocycles. The summed E-state index contributed by atoms with van der Waals surface area (Å²) in [7, 11) is 0. The van der Waals surface area contributed by atoms with Gasteiger partial charge in [-0.2, -0.15) is 14.9 Å². The first-order chi connectivity index (χ1) is 14.2. The maximum atomic E-state index is 5.89. The van der Waals surface area contributed by atoms with Gasteiger partial charge in [0.2, 0.25) is 4.77 Å². The number of aromatic amines is 1. The van der Waals surface area contributed by atoms with Crippen molar-refractivity contribution in [2.45, 2.75) is 13.5 Å². The highest BCUT2D eigenvalue weighted by atomic mass is 32.1. The van der Waals surface area contributed by atoms with Gasteiger partial charge in [0.15, 0.2) is 5.82 Å². The Hall–Kier alpha value is -3.51. The smallest absolute Gasteiger partial charge is 0.216 e. The van der Waals surface area contributed by atoms with Gasteiger partial charge in [-0.25, -0.2) is 5.10 Å². The molecular weight excluding hydrogens is 380 g/mol. The average Bonchev–Trinajstić information content (AvgIpc) is 3.12. The van der Waals surface area contributed by atoms with Gasteiger partial charge in [0.1, 0.15) is 12.4 Å². The quantitative estimate of drug-likeness (QED) is 0.349. The lowest BCUT2D eigenvalue weighted by Crippen LogP contribution is -1.97. The Labute approximate surface area is 174 Å². The third-order valence-corrected chi connectivity index (χ3v) is 4.62. The van der Waals surface area contributed by atoms with Crippen molar-refractivity contribution >= 4 is 18.4 Å². The summed E-state index contributed by atoms with van der Waals surface area (Å²) in [6.07, 6.45) is 1.75. The third kappa shape index (κ3) is 4.67. The van der Waals surface area contributed by atoms with Crippen molar-refractivity contribution in [1.29, 1.82) is 0 Å². The molecular formula is C23H20N4OS. The van der Waals surface area contributed by atoms with E-state index < -0.39 is 0 Å². The zero-order valence-electron chi connectivity index (χ0n) is 15.9. The van der Waals surface area contributed by atoms with Crippen LogP contribution in [-0.2, 0) is 6.61 Å². The Bertz CT molecular complexity index is 1190. The summed E-state index contributed by atoms with van der Waals surface area (Å²) in [5.74, 6) is 1.46. The average molecular weight is 401 g/mol. The van der Waals surface area contributed by atoms with Crippen LogP contribution in [0, 0.1) is 11.7 Å². The number of benzene rings is 3. The Balaban J connectivity index is 1.54. The second-order valence-corrected chi connectivity index (χ2v) is 7.01. The highest BCUT2D eigenvalue weighted by Gasteiger charge is 2.08. The molecule has 0 saturated heterocycles. The first-order valence-electron chi connectivity index (χ1n) is 9.25. The zero-order valence-corrected chi connectivity index (χ0v) is 16.8. The molecule has 0 atom stereocenters. The van der Waals surface area contributed by atoms with Crippen LogP contribution in [0.15, 0.2) is 84.0 Å². The number of nitrogens with zero attached hydrogens (tertiary/aromatic N) is 3. The van der Waals surface area contributed by atoms with Crippen LogP contribution in [0.5, 0.6) is 5.75 Å². The fourth-order valence-electron chi connectivity index (χ4n) is 2.92. The van der Waals surface area contributed by atoms with Gasteiger partial charge in [0.25, 0.3) is 0 Å². The summed E-state index contributed by atoms with van der Waals surface area (Å²) in [5, 5.41) is 11.7. The molecule has 5 nitrogen and oxygen atoms in total. The number of H-pyrrole nitrogens is 1. The first-order valence-corrected chi connectivity index (χ1v) is 9.65. The van der Waals surface area contributed by atoms with Gasteiger partial charge in [-0.15, -0.1) is 0 Å². The van der Waals surface area contributed by atoms with Gasteiger partial charge in [-0.1, -0.05) is 66.2 Å². The summed E-state index contributed by atoms with van der Waals surface area (Å²) in [6, 6.07) is 25.9. The van der Waals surface area contributed by atoms with Gasteiger partial charge in [0, 0.05) is 5.56 Å². The highest BCUT2D eigenvalue weighted by Crippen LogP contribution is 2.19. The lowest BCUT2D eigenvalue weighted by molar-refractivity contribution is 0.306. The number of hydrogen-bond donors (Lipinski definition) is 1. The van der Waals surface area contributed by atoms with Crippen LogP contribution in [0.3, 0.4) is 0 Å². The Kier molecular flexibility index (Phi) is 5.63. The normalized spacial score (nSPS) is 11.1. The van der Waals surface area contributed by atoms with Gasteiger partial charge in [-0.05, 0) is 48.5 Å². The molecule has 3 aromatic carbocycles. The van der Waals surface area contributed by atoms with Crippen molar-refractivity contribution in [2.24, 2.45) is 5.10 Å². The molecule has 0 unspecified atom stereocenters. The molecule has 144 valence electrons. The van der Waals surface area contributed by atoms with Crippen molar-refractivity contribution in [2.75, 3.05) is 0 Å². The van der Waals surface area contributed by atoms with Crippen molar-refractivity contribution in [3.8, 4) is 17.1 Å². The van der Waals surface area contributed by atoms with E-state index in [-0.39, 0.29) is 0 Å². The molecule has 0 amide bonds. The van der Waals surface area contributed by atoms with E-state index in [0.717, 1.165) is 28.0 Å². The molecule has 0 radical (unpaired) electrons. The molecule has 1 aromatic heterocycles. The van der Waals surface area contributed by atoms with Crippen LogP contribution in [0.25, 0.3) is 11.4 Å². The summed E-state index contributed by atoms with van der Waals surface area (Å²) in [4.78, 5) is 0. The Morgan fingerprint density at radius 2 is 1.86 bits per heavy atom. The molecule has 0 saturated carbocycles. The van der Waals surface area contributed by atoms with Crippen molar-refractivity contribution in [3.63, 3.8) is 0 Å². The summed E-state index contributed by atoms with van der Waals surface area (Å²) >= 11 is 5.35. The van der Waals surface area contributed by atoms with Crippen molar-refractivity contribution in [3.05, 3.63) is 100 Å². The van der Waals surface area contributed by atoms with Crippen molar-refractivity contribution < 1.29 is 4.74 Å². The fraction of sp³-hybridized carbons (Fsp3) is 0.0870. The van der Waals surface area contributed by atoms with Crippen LogP contribution < -0.4 is 4.74 Å². The summed E-state index contributed by atoms with van der Waals surface area (Å²) in [6.45, 7) is 2.56. The molecule has 1 heterocycles. The maximum Gasteiger partial charge on any atom is 0.216 e. The molecule has 0 bridgehead atoms. The molecule has 0 spiro atoms. The highest BCUT2D eigenvalue weighted by molar-refractivity contribution is 7.71. The molecule has 6 heteroatoms. The maximum absolute atomic E-state index is 5.89. The molecule has 29 heavy (non-hydrogen) atoms. The van der Waals surface area contributed by atoms with E-state index in [2.05, 4.69) is 21.4 Å². The number of rotatable bonds is 6. The third-order valence-electron chi connectivity index (χ3n) is 4.36. The predicted molar refractivity (Wildman–Crippen MR) is 118 cm³/mol. The van der Waals surface area contributed by atoms with E-state index in [0.29, 0.717) is 17.2 Å². The molecule has 0 aliphatic rings. The SMILES string of the molecule is Cc1cccc(-c2n[nH]c(=S)n2N=Cc2cccc(OCc3ccccc3)c2)c1. The molecule has 0 aliphatic heterocycles. The van der Waals surface area contributed by atoms with E-state index in [9.17, 15) is 0 Å². The number of aromatic nitrogens is 3. The van der Waals surface area contributed by atoms with Crippen LogP contribution in [-0.4, -0.2) is 21.1 Å². The largest absolute Gasteiger partial charge is 0.489 e. The standard InChI is InChI=1S/C23H20N4OS/c1-17-7-5-11-20(13-17)22-25-26-23(29)27(22)24-15-19-10-6-12-21(14-19)28-16-18-8-3-2-4-9-18/h2-15H,16H2,1H3,(H,26,29). The minimum atomic E-state index is 0.439. The van der Waals surface area contributed by atoms with E-state index in [1.54, 1.807) is 10.9 Å². The first kappa shape index (κ1) is 18.8. The number of hydrogen-bond acceptors (Lipinski definition) is 4. The molecule has 1 N–H and O–H groups in total. The Morgan fingerprint density at radius 1 is 1.03 bits per heavy atom. The molecule has 4 rings (SSSR count). The molecule has 4 aromatic rings. The minimum absolute atomic E-state index is 0.439. The monoisotopic (exact) mass is 400 g/mol. The fourth-order valence-corrected chi connectivity index (χ4v) is 3.10. The zero-order chi connectivity index (χ0) is 20.1. The van der Waals surface area contributed by atoms with Crippen LogP contribution in [0.2, 0.25) is 0 Å². The predicted octanol–water partition coefficient (Wildman–Crippen LogP) is 5.38. The van der Waals surface area contributed by atoms with E-state index in [4.69, 9.17) is 17.0 Å². The van der Waals surface area contributed by atoms with Crippen molar-refractivity contribution in [1.82, 2.24) is 14.9 Å². The van der Waals surface area contributed by atoms with Gasteiger partial charge in [0.05, 0.1) is 6.21 Å². The Morgan fingerprint density at radius 3 is 2.69 bits per heavy atom. The van der Waals surface area contributed by atoms with Crippen LogP contribution in [0.1, 0.15) is 16.7 Å². The minimum Gasteiger partial charge on any atom is -0.489 e. The number of nitrogens with one attached hydrogen (secondary N) is 1. The number of aryl methyl sites for hydroxylation is 1. The lowest BCUT2D eigenvalue weighted by atomic mass is 10.1. The van der Waals surface area contributed by atoms with Crippen LogP contribution in [0.4, 0.5) is 0 Å². The van der Waals surface area contributed by atoms with E-state index >= 15 is 0 Å². The second kappa shape index (κ2) is 8.67. The number of ether oxygens (including phenoxy) is 1. The summed E-state index contributed by atoms with van der Waals surface area (Å²) < 4.78 is 7.96. The van der Waals surface area contributed by atoms with Gasteiger partial charge < -0.3 is 4.74 Å². The van der Waals surface area contributed by atoms with E-state index in [1.807, 2.05) is 79.7 Å². The summed E-state index contributed by atoms with van der Waals surface area (Å²) in [5.41, 5.74) is 4.14.